The molecule has 0 aliphatic rings. The second-order valence-corrected chi connectivity index (χ2v) is 2.70. The fraction of sp³-hybridized carbons (Fsp3) is 0.250. The van der Waals surface area contributed by atoms with E-state index in [2.05, 4.69) is 4.98 Å². The molecule has 1 heterocycles. The third-order valence-electron chi connectivity index (χ3n) is 1.86. The van der Waals surface area contributed by atoms with Crippen LogP contribution in [0.4, 0.5) is 14.6 Å². The van der Waals surface area contributed by atoms with E-state index in [-0.39, 0.29) is 11.1 Å². The van der Waals surface area contributed by atoms with Crippen LogP contribution in [0.3, 0.4) is 0 Å². The van der Waals surface area contributed by atoms with E-state index in [0.717, 1.165) is 13.1 Å². The largest absolute Gasteiger partial charge is 0.366 e. The first kappa shape index (κ1) is 11.0. The number of pyridine rings is 1. The molecule has 0 aromatic carbocycles. The maximum Gasteiger partial charge on any atom is 0.366 e. The number of hydrogen-bond acceptors (Lipinski definition) is 4. The van der Waals surface area contributed by atoms with Crippen molar-refractivity contribution in [2.24, 2.45) is 0 Å². The zero-order valence-corrected chi connectivity index (χ0v) is 7.57. The van der Waals surface area contributed by atoms with Gasteiger partial charge in [0.05, 0.1) is 11.1 Å². The van der Waals surface area contributed by atoms with Crippen molar-refractivity contribution in [3.05, 3.63) is 33.0 Å². The molecule has 78 valence electrons. The van der Waals surface area contributed by atoms with Gasteiger partial charge in [0, 0.05) is 0 Å². The molecular formula is C8H5F2N3O2. The van der Waals surface area contributed by atoms with Gasteiger partial charge >= 0.3 is 5.82 Å². The van der Waals surface area contributed by atoms with Crippen LogP contribution in [0.5, 0.6) is 0 Å². The maximum atomic E-state index is 12.5. The molecule has 0 fully saturated rings. The van der Waals surface area contributed by atoms with E-state index in [1.807, 2.05) is 0 Å². The minimum atomic E-state index is -2.93. The lowest BCUT2D eigenvalue weighted by Gasteiger charge is -2.05. The van der Waals surface area contributed by atoms with Crippen LogP contribution in [-0.2, 0) is 0 Å². The molecule has 0 atom stereocenters. The minimum Gasteiger partial charge on any atom is -0.358 e. The Kier molecular flexibility index (Phi) is 2.90. The van der Waals surface area contributed by atoms with Gasteiger partial charge in [0.2, 0.25) is 0 Å². The van der Waals surface area contributed by atoms with Crippen molar-refractivity contribution in [3.63, 3.8) is 0 Å². The highest BCUT2D eigenvalue weighted by atomic mass is 19.3. The first-order valence-electron chi connectivity index (χ1n) is 3.81. The lowest BCUT2D eigenvalue weighted by Crippen LogP contribution is -2.02. The highest BCUT2D eigenvalue weighted by Crippen LogP contribution is 2.29. The SMILES string of the molecule is Cc1c([N+](=O)[O-])ncc(C#N)c1C(F)F. The van der Waals surface area contributed by atoms with Crippen molar-refractivity contribution in [2.45, 2.75) is 13.3 Å². The van der Waals surface area contributed by atoms with Gasteiger partial charge in [0.15, 0.2) is 6.20 Å². The highest BCUT2D eigenvalue weighted by molar-refractivity contribution is 5.48. The number of hydrogen-bond donors (Lipinski definition) is 0. The quantitative estimate of drug-likeness (QED) is 0.556. The minimum absolute atomic E-state index is 0.269. The predicted octanol–water partition coefficient (Wildman–Crippen LogP) is 2.11. The van der Waals surface area contributed by atoms with Crippen LogP contribution in [0.2, 0.25) is 0 Å². The number of rotatable bonds is 2. The van der Waals surface area contributed by atoms with Crippen molar-refractivity contribution in [1.29, 1.82) is 5.26 Å². The lowest BCUT2D eigenvalue weighted by atomic mass is 10.1. The summed E-state index contributed by atoms with van der Waals surface area (Å²) < 4.78 is 25.0. The van der Waals surface area contributed by atoms with Gasteiger partial charge in [0.1, 0.15) is 11.6 Å². The molecule has 15 heavy (non-hydrogen) atoms. The lowest BCUT2D eigenvalue weighted by molar-refractivity contribution is -0.390. The molecule has 1 rings (SSSR count). The number of nitriles is 1. The average molecular weight is 213 g/mol. The van der Waals surface area contributed by atoms with E-state index >= 15 is 0 Å². The number of alkyl halides is 2. The summed E-state index contributed by atoms with van der Waals surface area (Å²) in [4.78, 5) is 12.9. The maximum absolute atomic E-state index is 12.5. The fourth-order valence-electron chi connectivity index (χ4n) is 1.17. The molecule has 1 aromatic rings. The number of aromatic nitrogens is 1. The van der Waals surface area contributed by atoms with E-state index < -0.39 is 22.7 Å². The molecule has 0 bridgehead atoms. The van der Waals surface area contributed by atoms with Gasteiger partial charge in [-0.1, -0.05) is 0 Å². The topological polar surface area (TPSA) is 79.8 Å². The Labute approximate surface area is 83.1 Å². The summed E-state index contributed by atoms with van der Waals surface area (Å²) in [6, 6.07) is 1.52. The second kappa shape index (κ2) is 3.96. The van der Waals surface area contributed by atoms with Gasteiger partial charge in [-0.3, -0.25) is 0 Å². The zero-order valence-electron chi connectivity index (χ0n) is 7.57. The first-order chi connectivity index (χ1) is 6.99. The summed E-state index contributed by atoms with van der Waals surface area (Å²) in [5.41, 5.74) is -1.23. The molecular weight excluding hydrogens is 208 g/mol. The molecule has 0 unspecified atom stereocenters. The summed E-state index contributed by atoms with van der Waals surface area (Å²) in [6.07, 6.45) is -2.14. The molecule has 0 aliphatic carbocycles. The number of nitrogens with zero attached hydrogens (tertiary/aromatic N) is 3. The van der Waals surface area contributed by atoms with Crippen molar-refractivity contribution in [3.8, 4) is 6.07 Å². The molecule has 0 N–H and O–H groups in total. The van der Waals surface area contributed by atoms with Gasteiger partial charge in [0.25, 0.3) is 6.43 Å². The second-order valence-electron chi connectivity index (χ2n) is 2.70. The molecule has 0 amide bonds. The zero-order chi connectivity index (χ0) is 11.6. The molecule has 1 aromatic heterocycles. The van der Waals surface area contributed by atoms with E-state index in [1.165, 1.54) is 6.07 Å². The normalized spacial score (nSPS) is 10.1. The van der Waals surface area contributed by atoms with Crippen LogP contribution in [0.25, 0.3) is 0 Å². The van der Waals surface area contributed by atoms with Gasteiger partial charge in [-0.2, -0.15) is 5.26 Å². The van der Waals surface area contributed by atoms with Gasteiger partial charge in [-0.25, -0.2) is 8.78 Å². The van der Waals surface area contributed by atoms with Crippen LogP contribution in [0, 0.1) is 28.4 Å². The Morgan fingerprint density at radius 3 is 2.67 bits per heavy atom. The monoisotopic (exact) mass is 213 g/mol. The summed E-state index contributed by atoms with van der Waals surface area (Å²) in [7, 11) is 0. The molecule has 0 radical (unpaired) electrons. The van der Waals surface area contributed by atoms with Crippen LogP contribution >= 0.6 is 0 Å². The van der Waals surface area contributed by atoms with Gasteiger partial charge in [-0.15, -0.1) is 0 Å². The van der Waals surface area contributed by atoms with E-state index in [4.69, 9.17) is 5.26 Å². The van der Waals surface area contributed by atoms with Crippen LogP contribution in [0.15, 0.2) is 6.20 Å². The molecule has 7 heteroatoms. The Balaban J connectivity index is 3.51. The molecule has 0 spiro atoms. The highest BCUT2D eigenvalue weighted by Gasteiger charge is 2.25. The van der Waals surface area contributed by atoms with Crippen molar-refractivity contribution in [1.82, 2.24) is 4.98 Å². The Hall–Kier alpha value is -2.10. The Morgan fingerprint density at radius 2 is 2.27 bits per heavy atom. The average Bonchev–Trinajstić information content (AvgIpc) is 2.15. The van der Waals surface area contributed by atoms with Gasteiger partial charge in [-0.05, 0) is 16.8 Å². The standard InChI is InChI=1S/C8H5F2N3O2/c1-4-6(7(9)10)5(2-11)3-12-8(4)13(14)15/h3,7H,1H3. The van der Waals surface area contributed by atoms with Gasteiger partial charge < -0.3 is 10.1 Å². The predicted molar refractivity (Wildman–Crippen MR) is 45.3 cm³/mol. The summed E-state index contributed by atoms with van der Waals surface area (Å²) >= 11 is 0. The first-order valence-corrected chi connectivity index (χ1v) is 3.81. The molecule has 0 aliphatic heterocycles. The smallest absolute Gasteiger partial charge is 0.358 e. The van der Waals surface area contributed by atoms with Crippen molar-refractivity contribution in [2.75, 3.05) is 0 Å². The summed E-state index contributed by atoms with van der Waals surface area (Å²) in [6.45, 7) is 1.15. The molecule has 5 nitrogen and oxygen atoms in total. The third kappa shape index (κ3) is 1.88. The third-order valence-corrected chi connectivity index (χ3v) is 1.86. The van der Waals surface area contributed by atoms with Crippen molar-refractivity contribution >= 4 is 5.82 Å². The van der Waals surface area contributed by atoms with E-state index in [0.29, 0.717) is 0 Å². The fourth-order valence-corrected chi connectivity index (χ4v) is 1.17. The Morgan fingerprint density at radius 1 is 1.67 bits per heavy atom. The Bertz CT molecular complexity index is 454. The van der Waals surface area contributed by atoms with E-state index in [9.17, 15) is 18.9 Å². The summed E-state index contributed by atoms with van der Waals surface area (Å²) in [5, 5.41) is 18.9. The van der Waals surface area contributed by atoms with Crippen LogP contribution in [0.1, 0.15) is 23.1 Å². The molecule has 0 saturated heterocycles. The summed E-state index contributed by atoms with van der Waals surface area (Å²) in [5.74, 6) is -0.649. The van der Waals surface area contributed by atoms with E-state index in [1.54, 1.807) is 0 Å². The van der Waals surface area contributed by atoms with Crippen LogP contribution in [-0.4, -0.2) is 9.91 Å². The number of halogens is 2. The molecule has 0 saturated carbocycles. The van der Waals surface area contributed by atoms with Crippen LogP contribution < -0.4 is 0 Å². The van der Waals surface area contributed by atoms with Crippen molar-refractivity contribution < 1.29 is 13.7 Å². The number of nitro groups is 1.